The molecule has 4 nitrogen and oxygen atoms in total. The Labute approximate surface area is 172 Å². The van der Waals surface area contributed by atoms with Gasteiger partial charge in [0.25, 0.3) is 0 Å². The van der Waals surface area contributed by atoms with Gasteiger partial charge in [-0.15, -0.1) is 0 Å². The number of ether oxygens (including phenoxy) is 2. The number of carbonyl (C=O) groups excluding carboxylic acids is 1. The highest BCUT2D eigenvalue weighted by Crippen LogP contribution is 2.35. The molecule has 2 aromatic rings. The van der Waals surface area contributed by atoms with Crippen LogP contribution < -0.4 is 9.47 Å². The summed E-state index contributed by atoms with van der Waals surface area (Å²) in [6.45, 7) is 0. The molecule has 1 aliphatic rings. The molecule has 1 heterocycles. The SMILES string of the molecule is COc1cc(Br)c(CC(=O)N2C=CCCC2c2cccc(Cl)c2)cc1OC. The Balaban J connectivity index is 1.86. The van der Waals surface area contributed by atoms with Gasteiger partial charge in [0, 0.05) is 15.7 Å². The zero-order valence-corrected chi connectivity index (χ0v) is 17.6. The molecule has 1 aliphatic heterocycles. The van der Waals surface area contributed by atoms with Crippen molar-refractivity contribution in [2.24, 2.45) is 0 Å². The van der Waals surface area contributed by atoms with Gasteiger partial charge < -0.3 is 14.4 Å². The third kappa shape index (κ3) is 4.47. The Morgan fingerprint density at radius 1 is 1.22 bits per heavy atom. The van der Waals surface area contributed by atoms with Gasteiger partial charge in [-0.1, -0.05) is 45.7 Å². The molecule has 0 spiro atoms. The molecule has 2 aromatic carbocycles. The van der Waals surface area contributed by atoms with Gasteiger partial charge in [-0.25, -0.2) is 0 Å². The van der Waals surface area contributed by atoms with Crippen molar-refractivity contribution in [2.45, 2.75) is 25.3 Å². The van der Waals surface area contributed by atoms with Crippen molar-refractivity contribution in [3.05, 3.63) is 69.3 Å². The number of nitrogens with zero attached hydrogens (tertiary/aromatic N) is 1. The van der Waals surface area contributed by atoms with Gasteiger partial charge in [0.05, 0.1) is 26.7 Å². The molecule has 0 radical (unpaired) electrons. The number of carbonyl (C=O) groups is 1. The molecule has 27 heavy (non-hydrogen) atoms. The Kier molecular flexibility index (Phi) is 6.45. The Morgan fingerprint density at radius 2 is 1.96 bits per heavy atom. The number of halogens is 2. The number of benzene rings is 2. The average Bonchev–Trinajstić information content (AvgIpc) is 2.69. The topological polar surface area (TPSA) is 38.8 Å². The third-order valence-electron chi connectivity index (χ3n) is 4.62. The lowest BCUT2D eigenvalue weighted by atomic mass is 9.97. The fourth-order valence-corrected chi connectivity index (χ4v) is 3.93. The van der Waals surface area contributed by atoms with Crippen molar-refractivity contribution >= 4 is 33.4 Å². The first kappa shape index (κ1) is 19.8. The number of hydrogen-bond acceptors (Lipinski definition) is 3. The monoisotopic (exact) mass is 449 g/mol. The lowest BCUT2D eigenvalue weighted by Gasteiger charge is -2.32. The van der Waals surface area contributed by atoms with Crippen LogP contribution in [0.3, 0.4) is 0 Å². The quantitative estimate of drug-likeness (QED) is 0.600. The van der Waals surface area contributed by atoms with Gasteiger partial charge in [-0.05, 0) is 48.2 Å². The van der Waals surface area contributed by atoms with Gasteiger partial charge in [0.2, 0.25) is 5.91 Å². The predicted octanol–water partition coefficient (Wildman–Crippen LogP) is 5.54. The minimum atomic E-state index is -0.0138. The lowest BCUT2D eigenvalue weighted by molar-refractivity contribution is -0.130. The summed E-state index contributed by atoms with van der Waals surface area (Å²) < 4.78 is 11.5. The van der Waals surface area contributed by atoms with E-state index in [0.29, 0.717) is 16.5 Å². The molecule has 142 valence electrons. The molecule has 0 aromatic heterocycles. The first-order valence-corrected chi connectivity index (χ1v) is 9.84. The highest BCUT2D eigenvalue weighted by molar-refractivity contribution is 9.10. The van der Waals surface area contributed by atoms with Crippen LogP contribution in [0.15, 0.2) is 53.1 Å². The molecular weight excluding hydrogens is 430 g/mol. The minimum absolute atomic E-state index is 0.0138. The molecule has 0 aliphatic carbocycles. The second-order valence-corrected chi connectivity index (χ2v) is 7.60. The summed E-state index contributed by atoms with van der Waals surface area (Å²) in [6, 6.07) is 11.4. The van der Waals surface area contributed by atoms with Crippen molar-refractivity contribution in [1.29, 1.82) is 0 Å². The zero-order chi connectivity index (χ0) is 19.4. The molecule has 1 atom stereocenters. The van der Waals surface area contributed by atoms with E-state index in [0.717, 1.165) is 28.4 Å². The van der Waals surface area contributed by atoms with Crippen LogP contribution in [0.2, 0.25) is 5.02 Å². The first-order chi connectivity index (χ1) is 13.0. The number of allylic oxidation sites excluding steroid dienone is 1. The van der Waals surface area contributed by atoms with Crippen LogP contribution in [0.1, 0.15) is 30.0 Å². The van der Waals surface area contributed by atoms with Crippen molar-refractivity contribution < 1.29 is 14.3 Å². The van der Waals surface area contributed by atoms with E-state index in [-0.39, 0.29) is 18.4 Å². The van der Waals surface area contributed by atoms with Crippen LogP contribution in [0, 0.1) is 0 Å². The lowest BCUT2D eigenvalue weighted by Crippen LogP contribution is -2.33. The highest BCUT2D eigenvalue weighted by Gasteiger charge is 2.26. The molecule has 0 saturated heterocycles. The maximum atomic E-state index is 13.1. The molecule has 1 unspecified atom stereocenters. The second kappa shape index (κ2) is 8.81. The first-order valence-electron chi connectivity index (χ1n) is 8.67. The standard InChI is InChI=1S/C21H21BrClNO3/c1-26-19-11-15(17(22)13-20(19)27-2)12-21(25)24-9-4-3-8-18(24)14-6-5-7-16(23)10-14/h4-7,9-11,13,18H,3,8,12H2,1-2H3. The van der Waals surface area contributed by atoms with E-state index >= 15 is 0 Å². The van der Waals surface area contributed by atoms with Gasteiger partial charge >= 0.3 is 0 Å². The maximum Gasteiger partial charge on any atom is 0.231 e. The normalized spacial score (nSPS) is 16.3. The van der Waals surface area contributed by atoms with E-state index in [1.54, 1.807) is 19.1 Å². The molecule has 0 fully saturated rings. The van der Waals surface area contributed by atoms with Crippen molar-refractivity contribution in [2.75, 3.05) is 14.2 Å². The number of hydrogen-bond donors (Lipinski definition) is 0. The van der Waals surface area contributed by atoms with Crippen LogP contribution in [-0.4, -0.2) is 25.0 Å². The summed E-state index contributed by atoms with van der Waals surface area (Å²) in [5.74, 6) is 1.24. The summed E-state index contributed by atoms with van der Waals surface area (Å²) in [4.78, 5) is 14.9. The van der Waals surface area contributed by atoms with Gasteiger partial charge in [-0.3, -0.25) is 4.79 Å². The Bertz CT molecular complexity index is 869. The van der Waals surface area contributed by atoms with Gasteiger partial charge in [-0.2, -0.15) is 0 Å². The smallest absolute Gasteiger partial charge is 0.231 e. The van der Waals surface area contributed by atoms with Crippen LogP contribution in [0.4, 0.5) is 0 Å². The highest BCUT2D eigenvalue weighted by atomic mass is 79.9. The predicted molar refractivity (Wildman–Crippen MR) is 110 cm³/mol. The van der Waals surface area contributed by atoms with Gasteiger partial charge in [0.15, 0.2) is 11.5 Å². The molecule has 1 amide bonds. The van der Waals surface area contributed by atoms with E-state index in [1.165, 1.54) is 0 Å². The molecule has 0 N–H and O–H groups in total. The molecule has 0 saturated carbocycles. The summed E-state index contributed by atoms with van der Waals surface area (Å²) in [5.41, 5.74) is 1.90. The summed E-state index contributed by atoms with van der Waals surface area (Å²) in [7, 11) is 3.17. The average molecular weight is 451 g/mol. The summed E-state index contributed by atoms with van der Waals surface area (Å²) >= 11 is 9.68. The Morgan fingerprint density at radius 3 is 2.67 bits per heavy atom. The van der Waals surface area contributed by atoms with Crippen LogP contribution in [0.5, 0.6) is 11.5 Å². The zero-order valence-electron chi connectivity index (χ0n) is 15.2. The summed E-state index contributed by atoms with van der Waals surface area (Å²) in [5, 5.41) is 0.678. The van der Waals surface area contributed by atoms with E-state index in [9.17, 15) is 4.79 Å². The minimum Gasteiger partial charge on any atom is -0.493 e. The van der Waals surface area contributed by atoms with E-state index in [2.05, 4.69) is 15.9 Å². The molecule has 3 rings (SSSR count). The largest absolute Gasteiger partial charge is 0.493 e. The molecule has 0 bridgehead atoms. The van der Waals surface area contributed by atoms with Crippen LogP contribution in [0.25, 0.3) is 0 Å². The molecule has 6 heteroatoms. The number of amides is 1. The third-order valence-corrected chi connectivity index (χ3v) is 5.60. The fourth-order valence-electron chi connectivity index (χ4n) is 3.27. The van der Waals surface area contributed by atoms with Crippen molar-refractivity contribution in [1.82, 2.24) is 4.90 Å². The van der Waals surface area contributed by atoms with E-state index < -0.39 is 0 Å². The molecular formula is C21H21BrClNO3. The van der Waals surface area contributed by atoms with E-state index in [1.807, 2.05) is 48.7 Å². The second-order valence-electron chi connectivity index (χ2n) is 6.31. The number of rotatable bonds is 5. The summed E-state index contributed by atoms with van der Waals surface area (Å²) in [6.07, 6.45) is 5.97. The van der Waals surface area contributed by atoms with Crippen LogP contribution in [-0.2, 0) is 11.2 Å². The Hall–Kier alpha value is -1.98. The van der Waals surface area contributed by atoms with Gasteiger partial charge in [0.1, 0.15) is 0 Å². The fraction of sp³-hybridized carbons (Fsp3) is 0.286. The van der Waals surface area contributed by atoms with E-state index in [4.69, 9.17) is 21.1 Å². The van der Waals surface area contributed by atoms with Crippen molar-refractivity contribution in [3.63, 3.8) is 0 Å². The van der Waals surface area contributed by atoms with Crippen LogP contribution >= 0.6 is 27.5 Å². The maximum absolute atomic E-state index is 13.1. The van der Waals surface area contributed by atoms with Crippen molar-refractivity contribution in [3.8, 4) is 11.5 Å². The number of methoxy groups -OCH3 is 2.